The summed E-state index contributed by atoms with van der Waals surface area (Å²) in [5.74, 6) is 0.212. The lowest BCUT2D eigenvalue weighted by molar-refractivity contribution is -0.118. The van der Waals surface area contributed by atoms with E-state index in [1.165, 1.54) is 16.0 Å². The molecular weight excluding hydrogens is 302 g/mol. The fourth-order valence-electron chi connectivity index (χ4n) is 2.84. The van der Waals surface area contributed by atoms with Crippen LogP contribution in [0.2, 0.25) is 4.34 Å². The Balaban J connectivity index is 1.71. The Morgan fingerprint density at radius 2 is 2.19 bits per heavy atom. The van der Waals surface area contributed by atoms with Crippen molar-refractivity contribution in [2.45, 2.75) is 32.6 Å². The van der Waals surface area contributed by atoms with Crippen molar-refractivity contribution in [1.29, 1.82) is 0 Å². The van der Waals surface area contributed by atoms with Crippen LogP contribution in [0.3, 0.4) is 0 Å². The van der Waals surface area contributed by atoms with Crippen LogP contribution in [0.15, 0.2) is 30.3 Å². The predicted molar refractivity (Wildman–Crippen MR) is 89.5 cm³/mol. The number of nitrogens with zero attached hydrogens (tertiary/aromatic N) is 1. The van der Waals surface area contributed by atoms with E-state index in [1.807, 2.05) is 17.0 Å². The standard InChI is InChI=1S/C17H18ClNOS/c1-12-4-7-15-13(11-12)3-2-10-19(15)17(20)9-6-14-5-8-16(18)21-14/h4-5,7-8,11H,2-3,6,9-10H2,1H3. The molecule has 4 heteroatoms. The van der Waals surface area contributed by atoms with Gasteiger partial charge in [-0.1, -0.05) is 29.3 Å². The zero-order valence-corrected chi connectivity index (χ0v) is 13.6. The third-order valence-electron chi connectivity index (χ3n) is 3.87. The molecule has 2 nitrogen and oxygen atoms in total. The van der Waals surface area contributed by atoms with Crippen LogP contribution in [0.5, 0.6) is 0 Å². The van der Waals surface area contributed by atoms with Crippen LogP contribution in [0.25, 0.3) is 0 Å². The van der Waals surface area contributed by atoms with Crippen molar-refractivity contribution in [2.24, 2.45) is 0 Å². The Morgan fingerprint density at radius 1 is 1.33 bits per heavy atom. The van der Waals surface area contributed by atoms with Crippen LogP contribution in [-0.2, 0) is 17.6 Å². The van der Waals surface area contributed by atoms with E-state index in [0.717, 1.165) is 35.8 Å². The summed E-state index contributed by atoms with van der Waals surface area (Å²) in [5.41, 5.74) is 3.66. The van der Waals surface area contributed by atoms with Gasteiger partial charge in [-0.2, -0.15) is 0 Å². The second-order valence-electron chi connectivity index (χ2n) is 5.49. The number of carbonyl (C=O) groups excluding carboxylic acids is 1. The van der Waals surface area contributed by atoms with E-state index in [1.54, 1.807) is 11.3 Å². The van der Waals surface area contributed by atoms with E-state index >= 15 is 0 Å². The quantitative estimate of drug-likeness (QED) is 0.808. The summed E-state index contributed by atoms with van der Waals surface area (Å²) in [4.78, 5) is 15.7. The van der Waals surface area contributed by atoms with Gasteiger partial charge < -0.3 is 4.90 Å². The van der Waals surface area contributed by atoms with Crippen LogP contribution in [0, 0.1) is 6.92 Å². The molecule has 3 rings (SSSR count). The molecule has 1 aliphatic heterocycles. The lowest BCUT2D eigenvalue weighted by atomic mass is 9.99. The maximum atomic E-state index is 12.5. The first kappa shape index (κ1) is 14.6. The number of thiophene rings is 1. The molecule has 110 valence electrons. The van der Waals surface area contributed by atoms with Crippen molar-refractivity contribution in [3.63, 3.8) is 0 Å². The SMILES string of the molecule is Cc1ccc2c(c1)CCCN2C(=O)CCc1ccc(Cl)s1. The molecule has 2 heterocycles. The number of carbonyl (C=O) groups is 1. The number of halogens is 1. The van der Waals surface area contributed by atoms with Gasteiger partial charge in [-0.05, 0) is 49.9 Å². The summed E-state index contributed by atoms with van der Waals surface area (Å²) >= 11 is 7.49. The fraction of sp³-hybridized carbons (Fsp3) is 0.353. The van der Waals surface area contributed by atoms with Crippen molar-refractivity contribution in [2.75, 3.05) is 11.4 Å². The van der Waals surface area contributed by atoms with Gasteiger partial charge in [-0.25, -0.2) is 0 Å². The third kappa shape index (κ3) is 3.30. The van der Waals surface area contributed by atoms with Crippen molar-refractivity contribution in [3.05, 3.63) is 50.7 Å². The maximum absolute atomic E-state index is 12.5. The van der Waals surface area contributed by atoms with Crippen molar-refractivity contribution in [3.8, 4) is 0 Å². The number of anilines is 1. The van der Waals surface area contributed by atoms with E-state index in [-0.39, 0.29) is 5.91 Å². The summed E-state index contributed by atoms with van der Waals surface area (Å²) in [6.07, 6.45) is 3.44. The summed E-state index contributed by atoms with van der Waals surface area (Å²) in [5, 5.41) is 0. The zero-order chi connectivity index (χ0) is 14.8. The molecule has 0 N–H and O–H groups in total. The molecule has 0 aliphatic carbocycles. The molecule has 0 unspecified atom stereocenters. The Bertz CT molecular complexity index is 665. The summed E-state index contributed by atoms with van der Waals surface area (Å²) in [6, 6.07) is 10.3. The Morgan fingerprint density at radius 3 is 2.95 bits per heavy atom. The van der Waals surface area contributed by atoms with Gasteiger partial charge in [0.1, 0.15) is 0 Å². The van der Waals surface area contributed by atoms with Crippen LogP contribution in [0.1, 0.15) is 28.8 Å². The summed E-state index contributed by atoms with van der Waals surface area (Å²) < 4.78 is 0.788. The van der Waals surface area contributed by atoms with Crippen LogP contribution in [-0.4, -0.2) is 12.5 Å². The van der Waals surface area contributed by atoms with Gasteiger partial charge in [0, 0.05) is 23.5 Å². The molecule has 1 aromatic heterocycles. The first-order valence-electron chi connectivity index (χ1n) is 7.27. The lowest BCUT2D eigenvalue weighted by Gasteiger charge is -2.30. The first-order valence-corrected chi connectivity index (χ1v) is 8.47. The Kier molecular flexibility index (Phi) is 4.32. The molecule has 0 bridgehead atoms. The number of fused-ring (bicyclic) bond motifs is 1. The van der Waals surface area contributed by atoms with Gasteiger partial charge >= 0.3 is 0 Å². The first-order chi connectivity index (χ1) is 10.1. The van der Waals surface area contributed by atoms with Gasteiger partial charge in [0.2, 0.25) is 5.91 Å². The smallest absolute Gasteiger partial charge is 0.227 e. The number of benzene rings is 1. The molecule has 0 saturated carbocycles. The molecule has 2 aromatic rings. The largest absolute Gasteiger partial charge is 0.312 e. The second-order valence-corrected chi connectivity index (χ2v) is 7.29. The zero-order valence-electron chi connectivity index (χ0n) is 12.1. The van der Waals surface area contributed by atoms with Gasteiger partial charge in [0.15, 0.2) is 0 Å². The van der Waals surface area contributed by atoms with Crippen LogP contribution < -0.4 is 4.90 Å². The summed E-state index contributed by atoms with van der Waals surface area (Å²) in [6.45, 7) is 2.93. The molecule has 0 fully saturated rings. The number of hydrogen-bond donors (Lipinski definition) is 0. The van der Waals surface area contributed by atoms with Crippen molar-refractivity contribution in [1.82, 2.24) is 0 Å². The number of rotatable bonds is 3. The molecule has 1 aromatic carbocycles. The van der Waals surface area contributed by atoms with E-state index in [2.05, 4.69) is 25.1 Å². The molecule has 1 aliphatic rings. The highest BCUT2D eigenvalue weighted by Gasteiger charge is 2.22. The van der Waals surface area contributed by atoms with E-state index in [9.17, 15) is 4.79 Å². The molecule has 1 amide bonds. The Labute approximate surface area is 134 Å². The summed E-state index contributed by atoms with van der Waals surface area (Å²) in [7, 11) is 0. The van der Waals surface area contributed by atoms with E-state index in [0.29, 0.717) is 6.42 Å². The lowest BCUT2D eigenvalue weighted by Crippen LogP contribution is -2.35. The molecule has 0 saturated heterocycles. The van der Waals surface area contributed by atoms with Gasteiger partial charge in [-0.3, -0.25) is 4.79 Å². The minimum atomic E-state index is 0.212. The molecular formula is C17H18ClNOS. The minimum Gasteiger partial charge on any atom is -0.312 e. The van der Waals surface area contributed by atoms with Crippen LogP contribution >= 0.6 is 22.9 Å². The van der Waals surface area contributed by atoms with E-state index in [4.69, 9.17) is 11.6 Å². The average molecular weight is 320 g/mol. The fourth-order valence-corrected chi connectivity index (χ4v) is 3.92. The molecule has 0 spiro atoms. The van der Waals surface area contributed by atoms with Crippen molar-refractivity contribution >= 4 is 34.5 Å². The number of aryl methyl sites for hydroxylation is 3. The normalized spacial score (nSPS) is 14.1. The van der Waals surface area contributed by atoms with Gasteiger partial charge in [-0.15, -0.1) is 11.3 Å². The molecule has 21 heavy (non-hydrogen) atoms. The Hall–Kier alpha value is -1.32. The second kappa shape index (κ2) is 6.20. The third-order valence-corrected chi connectivity index (χ3v) is 5.16. The monoisotopic (exact) mass is 319 g/mol. The predicted octanol–water partition coefficient (Wildman–Crippen LogP) is 4.62. The average Bonchev–Trinajstić information content (AvgIpc) is 2.89. The van der Waals surface area contributed by atoms with Gasteiger partial charge in [0.05, 0.1) is 4.34 Å². The van der Waals surface area contributed by atoms with E-state index < -0.39 is 0 Å². The maximum Gasteiger partial charge on any atom is 0.227 e. The van der Waals surface area contributed by atoms with Crippen LogP contribution in [0.4, 0.5) is 5.69 Å². The topological polar surface area (TPSA) is 20.3 Å². The highest BCUT2D eigenvalue weighted by molar-refractivity contribution is 7.16. The van der Waals surface area contributed by atoms with Gasteiger partial charge in [0.25, 0.3) is 0 Å². The van der Waals surface area contributed by atoms with Crippen molar-refractivity contribution < 1.29 is 4.79 Å². The number of amides is 1. The molecule has 0 atom stereocenters. The number of hydrogen-bond acceptors (Lipinski definition) is 2. The highest BCUT2D eigenvalue weighted by atomic mass is 35.5. The minimum absolute atomic E-state index is 0.212. The molecule has 0 radical (unpaired) electrons. The highest BCUT2D eigenvalue weighted by Crippen LogP contribution is 2.29.